The number of carbonyl (C=O) groups excluding carboxylic acids is 2. The Balaban J connectivity index is 0.00000144. The van der Waals surface area contributed by atoms with E-state index in [0.717, 1.165) is 6.42 Å². The van der Waals surface area contributed by atoms with E-state index in [2.05, 4.69) is 4.74 Å². The quantitative estimate of drug-likeness (QED) is 0.295. The fourth-order valence-electron chi connectivity index (χ4n) is 2.18. The maximum absolute atomic E-state index is 11.3. The Hall–Kier alpha value is 0.536. The predicted octanol–water partition coefficient (Wildman–Crippen LogP) is -3.37. The SMILES string of the molecule is O=C([O-])C1OC1C(=O)OCCC1CCCC1.[K+]. The van der Waals surface area contributed by atoms with Crippen molar-refractivity contribution in [1.82, 2.24) is 0 Å². The molecule has 90 valence electrons. The zero-order valence-electron chi connectivity index (χ0n) is 10.0. The summed E-state index contributed by atoms with van der Waals surface area (Å²) in [6.45, 7) is 0.364. The molecule has 0 N–H and O–H groups in total. The van der Waals surface area contributed by atoms with Crippen LogP contribution in [0.5, 0.6) is 0 Å². The fourth-order valence-corrected chi connectivity index (χ4v) is 2.18. The third-order valence-corrected chi connectivity index (χ3v) is 3.20. The first-order valence-electron chi connectivity index (χ1n) is 5.71. The topological polar surface area (TPSA) is 79.0 Å². The second-order valence-electron chi connectivity index (χ2n) is 4.40. The van der Waals surface area contributed by atoms with Gasteiger partial charge in [0.2, 0.25) is 0 Å². The van der Waals surface area contributed by atoms with Crippen molar-refractivity contribution in [2.24, 2.45) is 5.92 Å². The molecule has 1 aliphatic heterocycles. The molecule has 5 nitrogen and oxygen atoms in total. The fraction of sp³-hybridized carbons (Fsp3) is 0.818. The van der Waals surface area contributed by atoms with E-state index in [4.69, 9.17) is 4.74 Å². The van der Waals surface area contributed by atoms with Crippen molar-refractivity contribution in [2.75, 3.05) is 6.61 Å². The predicted molar refractivity (Wildman–Crippen MR) is 51.2 cm³/mol. The number of carbonyl (C=O) groups is 2. The molecule has 0 amide bonds. The van der Waals surface area contributed by atoms with Crippen LogP contribution in [0.1, 0.15) is 32.1 Å². The first-order valence-corrected chi connectivity index (χ1v) is 5.71. The second kappa shape index (κ2) is 7.21. The molecule has 1 saturated carbocycles. The normalized spacial score (nSPS) is 27.3. The van der Waals surface area contributed by atoms with Crippen molar-refractivity contribution < 1.29 is 75.6 Å². The van der Waals surface area contributed by atoms with Gasteiger partial charge in [-0.25, -0.2) is 4.79 Å². The van der Waals surface area contributed by atoms with Crippen molar-refractivity contribution in [3.63, 3.8) is 0 Å². The van der Waals surface area contributed by atoms with E-state index in [9.17, 15) is 14.7 Å². The van der Waals surface area contributed by atoms with Crippen LogP contribution in [0.15, 0.2) is 0 Å². The summed E-state index contributed by atoms with van der Waals surface area (Å²) in [5.41, 5.74) is 0. The molecule has 0 radical (unpaired) electrons. The van der Waals surface area contributed by atoms with E-state index in [0.29, 0.717) is 12.5 Å². The molecule has 2 unspecified atom stereocenters. The summed E-state index contributed by atoms with van der Waals surface area (Å²) in [6, 6.07) is 0. The standard InChI is InChI=1S/C11H16O5.K/c12-10(13)8-9(16-8)11(14)15-6-5-7-3-1-2-4-7;/h7-9H,1-6H2,(H,12,13);/q;+1/p-1. The van der Waals surface area contributed by atoms with Gasteiger partial charge >= 0.3 is 57.4 Å². The van der Waals surface area contributed by atoms with Gasteiger partial charge in [0.05, 0.1) is 12.6 Å². The average Bonchev–Trinajstić information content (AvgIpc) is 2.90. The maximum Gasteiger partial charge on any atom is 1.00 e. The second-order valence-corrected chi connectivity index (χ2v) is 4.40. The molecule has 2 atom stereocenters. The smallest absolute Gasteiger partial charge is 0.547 e. The number of ether oxygens (including phenoxy) is 2. The molecular formula is C11H15KO5. The first kappa shape index (κ1) is 15.6. The minimum Gasteiger partial charge on any atom is -0.547 e. The Bertz CT molecular complexity index is 288. The van der Waals surface area contributed by atoms with Crippen LogP contribution in [0, 0.1) is 5.92 Å². The summed E-state index contributed by atoms with van der Waals surface area (Å²) in [5.74, 6) is -1.27. The van der Waals surface area contributed by atoms with Gasteiger partial charge in [-0.1, -0.05) is 25.7 Å². The van der Waals surface area contributed by atoms with E-state index >= 15 is 0 Å². The molecule has 0 aromatic rings. The summed E-state index contributed by atoms with van der Waals surface area (Å²) in [4.78, 5) is 21.6. The van der Waals surface area contributed by atoms with Crippen LogP contribution in [0.3, 0.4) is 0 Å². The van der Waals surface area contributed by atoms with Gasteiger partial charge in [0.15, 0.2) is 6.10 Å². The number of carboxylic acids is 1. The van der Waals surface area contributed by atoms with Crippen LogP contribution in [0.2, 0.25) is 0 Å². The van der Waals surface area contributed by atoms with Crippen LogP contribution in [-0.2, 0) is 19.1 Å². The molecule has 0 aromatic carbocycles. The Morgan fingerprint density at radius 1 is 1.24 bits per heavy atom. The Morgan fingerprint density at radius 3 is 2.41 bits per heavy atom. The zero-order chi connectivity index (χ0) is 11.5. The molecule has 1 saturated heterocycles. The van der Waals surface area contributed by atoms with Crippen molar-refractivity contribution in [3.8, 4) is 0 Å². The summed E-state index contributed by atoms with van der Waals surface area (Å²) >= 11 is 0. The minimum atomic E-state index is -1.35. The van der Waals surface area contributed by atoms with Crippen molar-refractivity contribution >= 4 is 11.9 Å². The Labute approximate surface area is 143 Å². The summed E-state index contributed by atoms with van der Waals surface area (Å²) in [5, 5.41) is 10.3. The van der Waals surface area contributed by atoms with Crippen LogP contribution < -0.4 is 56.5 Å². The van der Waals surface area contributed by atoms with Crippen LogP contribution in [-0.4, -0.2) is 30.8 Å². The van der Waals surface area contributed by atoms with Crippen LogP contribution in [0.4, 0.5) is 0 Å². The number of hydrogen-bond donors (Lipinski definition) is 0. The van der Waals surface area contributed by atoms with Gasteiger partial charge in [-0.3, -0.25) is 0 Å². The number of epoxide rings is 1. The Morgan fingerprint density at radius 2 is 1.88 bits per heavy atom. The molecular weight excluding hydrogens is 251 g/mol. The van der Waals surface area contributed by atoms with E-state index in [1.165, 1.54) is 25.7 Å². The first-order chi connectivity index (χ1) is 7.68. The number of hydrogen-bond acceptors (Lipinski definition) is 5. The van der Waals surface area contributed by atoms with E-state index in [1.54, 1.807) is 0 Å². The molecule has 1 heterocycles. The molecule has 1 aliphatic carbocycles. The van der Waals surface area contributed by atoms with E-state index in [1.807, 2.05) is 0 Å². The number of rotatable bonds is 5. The van der Waals surface area contributed by atoms with Gasteiger partial charge in [-0.15, -0.1) is 0 Å². The number of carboxylic acid groups (broad SMARTS) is 1. The third-order valence-electron chi connectivity index (χ3n) is 3.20. The van der Waals surface area contributed by atoms with Gasteiger partial charge in [0.1, 0.15) is 6.10 Å². The summed E-state index contributed by atoms with van der Waals surface area (Å²) < 4.78 is 9.58. The molecule has 17 heavy (non-hydrogen) atoms. The minimum absolute atomic E-state index is 0. The molecule has 2 fully saturated rings. The molecule has 0 aromatic heterocycles. The maximum atomic E-state index is 11.3. The van der Waals surface area contributed by atoms with Crippen molar-refractivity contribution in [2.45, 2.75) is 44.3 Å². The van der Waals surface area contributed by atoms with Crippen molar-refractivity contribution in [1.29, 1.82) is 0 Å². The van der Waals surface area contributed by atoms with Gasteiger partial charge in [-0.05, 0) is 12.3 Å². The average molecular weight is 266 g/mol. The molecule has 0 spiro atoms. The zero-order valence-corrected chi connectivity index (χ0v) is 13.1. The van der Waals surface area contributed by atoms with Crippen LogP contribution in [0.25, 0.3) is 0 Å². The molecule has 6 heteroatoms. The van der Waals surface area contributed by atoms with Crippen molar-refractivity contribution in [3.05, 3.63) is 0 Å². The van der Waals surface area contributed by atoms with Gasteiger partial charge in [0.25, 0.3) is 0 Å². The summed E-state index contributed by atoms with van der Waals surface area (Å²) in [7, 11) is 0. The number of esters is 1. The van der Waals surface area contributed by atoms with Crippen LogP contribution >= 0.6 is 0 Å². The molecule has 2 rings (SSSR count). The summed E-state index contributed by atoms with van der Waals surface area (Å²) in [6.07, 6.45) is 3.77. The molecule has 2 aliphatic rings. The largest absolute Gasteiger partial charge is 1.00 e. The molecule has 0 bridgehead atoms. The third kappa shape index (κ3) is 4.61. The monoisotopic (exact) mass is 266 g/mol. The Kier molecular flexibility index (Phi) is 6.61. The van der Waals surface area contributed by atoms with Gasteiger partial charge in [0, 0.05) is 0 Å². The van der Waals surface area contributed by atoms with E-state index in [-0.39, 0.29) is 51.4 Å². The van der Waals surface area contributed by atoms with Gasteiger partial charge < -0.3 is 19.4 Å². The number of aliphatic carboxylic acids is 1. The van der Waals surface area contributed by atoms with Gasteiger partial charge in [-0.2, -0.15) is 0 Å². The van der Waals surface area contributed by atoms with E-state index < -0.39 is 24.1 Å².